The highest BCUT2D eigenvalue weighted by Gasteiger charge is 1.95. The molecule has 0 aliphatic carbocycles. The molecule has 3 heteroatoms. The van der Waals surface area contributed by atoms with Crippen LogP contribution >= 0.6 is 11.5 Å². The lowest BCUT2D eigenvalue weighted by molar-refractivity contribution is 1.07. The zero-order valence-corrected chi connectivity index (χ0v) is 6.24. The molecule has 0 unspecified atom stereocenters. The first-order chi connectivity index (χ1) is 4.36. The molecule has 9 heavy (non-hydrogen) atoms. The van der Waals surface area contributed by atoms with Gasteiger partial charge in [-0.2, -0.15) is 4.37 Å². The smallest absolute Gasteiger partial charge is 0.0542 e. The maximum absolute atomic E-state index is 5.39. The highest BCUT2D eigenvalue weighted by atomic mass is 32.1. The van der Waals surface area contributed by atoms with Gasteiger partial charge in [0, 0.05) is 11.4 Å². The van der Waals surface area contributed by atoms with Gasteiger partial charge in [0.2, 0.25) is 0 Å². The minimum Gasteiger partial charge on any atom is -0.326 e. The molecule has 2 N–H and O–H groups in total. The van der Waals surface area contributed by atoms with E-state index in [4.69, 9.17) is 5.73 Å². The lowest BCUT2D eigenvalue weighted by Gasteiger charge is -1.81. The molecule has 0 aliphatic rings. The molecular weight excluding hydrogens is 132 g/mol. The Hall–Kier alpha value is -0.410. The van der Waals surface area contributed by atoms with Crippen molar-refractivity contribution in [2.75, 3.05) is 0 Å². The van der Waals surface area contributed by atoms with Crippen LogP contribution in [0, 0.1) is 0 Å². The molecule has 0 atom stereocenters. The summed E-state index contributed by atoms with van der Waals surface area (Å²) in [6.45, 7) is 2.72. The van der Waals surface area contributed by atoms with Gasteiger partial charge in [-0.25, -0.2) is 0 Å². The van der Waals surface area contributed by atoms with Crippen molar-refractivity contribution in [3.05, 3.63) is 16.6 Å². The van der Waals surface area contributed by atoms with E-state index >= 15 is 0 Å². The molecule has 0 aromatic carbocycles. The molecule has 1 aromatic heterocycles. The van der Waals surface area contributed by atoms with Crippen molar-refractivity contribution in [2.45, 2.75) is 19.9 Å². The Morgan fingerprint density at radius 3 is 2.89 bits per heavy atom. The second-order valence-electron chi connectivity index (χ2n) is 1.84. The van der Waals surface area contributed by atoms with Crippen LogP contribution in [0.25, 0.3) is 0 Å². The fraction of sp³-hybridized carbons (Fsp3) is 0.500. The number of aromatic nitrogens is 1. The fourth-order valence-electron chi connectivity index (χ4n) is 0.619. The molecule has 0 bridgehead atoms. The standard InChI is InChI=1S/C6H10N2S/c1-2-5-3-6(4-7)9-8-5/h3H,2,4,7H2,1H3. The largest absolute Gasteiger partial charge is 0.326 e. The van der Waals surface area contributed by atoms with Crippen LogP contribution in [0.2, 0.25) is 0 Å². The van der Waals surface area contributed by atoms with E-state index < -0.39 is 0 Å². The van der Waals surface area contributed by atoms with E-state index in [2.05, 4.69) is 17.4 Å². The van der Waals surface area contributed by atoms with Gasteiger partial charge in [0.15, 0.2) is 0 Å². The van der Waals surface area contributed by atoms with Gasteiger partial charge in [0.25, 0.3) is 0 Å². The van der Waals surface area contributed by atoms with Gasteiger partial charge in [-0.1, -0.05) is 6.92 Å². The molecule has 0 amide bonds. The Labute approximate surface area is 58.9 Å². The molecule has 1 heterocycles. The Morgan fingerprint density at radius 2 is 2.56 bits per heavy atom. The molecular formula is C6H10N2S. The second-order valence-corrected chi connectivity index (χ2v) is 2.73. The number of nitrogens with zero attached hydrogens (tertiary/aromatic N) is 1. The van der Waals surface area contributed by atoms with Crippen molar-refractivity contribution in [2.24, 2.45) is 5.73 Å². The van der Waals surface area contributed by atoms with Gasteiger partial charge in [-0.15, -0.1) is 0 Å². The van der Waals surface area contributed by atoms with Gasteiger partial charge in [-0.3, -0.25) is 0 Å². The summed E-state index contributed by atoms with van der Waals surface area (Å²) in [5.41, 5.74) is 6.54. The Morgan fingerprint density at radius 1 is 1.78 bits per heavy atom. The summed E-state index contributed by atoms with van der Waals surface area (Å²) in [4.78, 5) is 1.17. The number of nitrogens with two attached hydrogens (primary N) is 1. The van der Waals surface area contributed by atoms with Crippen molar-refractivity contribution in [1.29, 1.82) is 0 Å². The topological polar surface area (TPSA) is 38.9 Å². The third-order valence-corrected chi connectivity index (χ3v) is 2.02. The molecule has 0 saturated heterocycles. The molecule has 0 saturated carbocycles. The summed E-state index contributed by atoms with van der Waals surface area (Å²) in [6, 6.07) is 2.06. The SMILES string of the molecule is CCc1cc(CN)sn1. The van der Waals surface area contributed by atoms with Gasteiger partial charge < -0.3 is 5.73 Å². The minimum atomic E-state index is 0.623. The Balaban J connectivity index is 2.74. The summed E-state index contributed by atoms with van der Waals surface area (Å²) in [5, 5.41) is 0. The van der Waals surface area contributed by atoms with Crippen LogP contribution in [0.5, 0.6) is 0 Å². The molecule has 0 fully saturated rings. The molecule has 0 aliphatic heterocycles. The van der Waals surface area contributed by atoms with Crippen LogP contribution < -0.4 is 5.73 Å². The molecule has 2 nitrogen and oxygen atoms in total. The third-order valence-electron chi connectivity index (χ3n) is 1.17. The highest BCUT2D eigenvalue weighted by Crippen LogP contribution is 2.08. The number of hydrogen-bond donors (Lipinski definition) is 1. The average molecular weight is 142 g/mol. The van der Waals surface area contributed by atoms with E-state index in [9.17, 15) is 0 Å². The first-order valence-corrected chi connectivity index (χ1v) is 3.78. The van der Waals surface area contributed by atoms with Crippen molar-refractivity contribution in [3.63, 3.8) is 0 Å². The van der Waals surface area contributed by atoms with Crippen LogP contribution in [0.1, 0.15) is 17.5 Å². The van der Waals surface area contributed by atoms with Crippen LogP contribution in [0.3, 0.4) is 0 Å². The van der Waals surface area contributed by atoms with E-state index in [0.29, 0.717) is 6.54 Å². The number of hydrogen-bond acceptors (Lipinski definition) is 3. The fourth-order valence-corrected chi connectivity index (χ4v) is 1.30. The summed E-state index contributed by atoms with van der Waals surface area (Å²) < 4.78 is 4.17. The first kappa shape index (κ1) is 6.71. The Kier molecular flexibility index (Phi) is 2.19. The first-order valence-electron chi connectivity index (χ1n) is 3.01. The maximum Gasteiger partial charge on any atom is 0.0542 e. The van der Waals surface area contributed by atoms with E-state index in [1.165, 1.54) is 16.4 Å². The van der Waals surface area contributed by atoms with E-state index in [1.807, 2.05) is 0 Å². The van der Waals surface area contributed by atoms with Crippen LogP contribution in [-0.4, -0.2) is 4.37 Å². The van der Waals surface area contributed by atoms with Crippen LogP contribution in [0.4, 0.5) is 0 Å². The molecule has 1 aromatic rings. The highest BCUT2D eigenvalue weighted by molar-refractivity contribution is 7.05. The zero-order chi connectivity index (χ0) is 6.69. The predicted octanol–water partition coefficient (Wildman–Crippen LogP) is 1.16. The lowest BCUT2D eigenvalue weighted by atomic mass is 10.3. The maximum atomic E-state index is 5.39. The number of rotatable bonds is 2. The normalized spacial score (nSPS) is 10.0. The molecule has 0 radical (unpaired) electrons. The average Bonchev–Trinajstić information content (AvgIpc) is 2.34. The van der Waals surface area contributed by atoms with Crippen molar-refractivity contribution < 1.29 is 0 Å². The van der Waals surface area contributed by atoms with Crippen LogP contribution in [0.15, 0.2) is 6.07 Å². The second kappa shape index (κ2) is 2.94. The van der Waals surface area contributed by atoms with E-state index in [1.54, 1.807) is 0 Å². The summed E-state index contributed by atoms with van der Waals surface area (Å²) in [6.07, 6.45) is 1.01. The van der Waals surface area contributed by atoms with Gasteiger partial charge in [0.05, 0.1) is 5.69 Å². The summed E-state index contributed by atoms with van der Waals surface area (Å²) >= 11 is 1.50. The van der Waals surface area contributed by atoms with Crippen molar-refractivity contribution in [1.82, 2.24) is 4.37 Å². The summed E-state index contributed by atoms with van der Waals surface area (Å²) in [5.74, 6) is 0. The lowest BCUT2D eigenvalue weighted by Crippen LogP contribution is -1.91. The molecule has 0 spiro atoms. The third kappa shape index (κ3) is 1.50. The summed E-state index contributed by atoms with van der Waals surface area (Å²) in [7, 11) is 0. The number of aryl methyl sites for hydroxylation is 1. The van der Waals surface area contributed by atoms with Crippen LogP contribution in [-0.2, 0) is 13.0 Å². The predicted molar refractivity (Wildman–Crippen MR) is 39.4 cm³/mol. The quantitative estimate of drug-likeness (QED) is 0.673. The van der Waals surface area contributed by atoms with Crippen molar-refractivity contribution >= 4 is 11.5 Å². The monoisotopic (exact) mass is 142 g/mol. The van der Waals surface area contributed by atoms with Gasteiger partial charge in [-0.05, 0) is 24.0 Å². The molecule has 50 valence electrons. The van der Waals surface area contributed by atoms with Gasteiger partial charge in [0.1, 0.15) is 0 Å². The minimum absolute atomic E-state index is 0.623. The van der Waals surface area contributed by atoms with E-state index in [0.717, 1.165) is 12.1 Å². The van der Waals surface area contributed by atoms with E-state index in [-0.39, 0.29) is 0 Å². The molecule has 1 rings (SSSR count). The zero-order valence-electron chi connectivity index (χ0n) is 5.42. The Bertz CT molecular complexity index is 164. The van der Waals surface area contributed by atoms with Gasteiger partial charge >= 0.3 is 0 Å². The van der Waals surface area contributed by atoms with Crippen molar-refractivity contribution in [3.8, 4) is 0 Å².